The molecule has 0 bridgehead atoms. The largest absolute Gasteiger partial charge is 0.411 e. The number of anilines is 2. The van der Waals surface area contributed by atoms with Crippen molar-refractivity contribution in [1.82, 2.24) is 15.0 Å². The highest BCUT2D eigenvalue weighted by Crippen LogP contribution is 2.51. The second-order valence-corrected chi connectivity index (χ2v) is 12.2. The molecular formula is C25H25ClF4N6O2S. The number of nitrogens with zero attached hydrogens (tertiary/aromatic N) is 3. The minimum atomic E-state index is -4.50. The fraction of sp³-hybridized carbons (Fsp3) is 0.400. The number of nitrogens with two attached hydrogens (primary N) is 1. The molecule has 0 aliphatic heterocycles. The van der Waals surface area contributed by atoms with Crippen molar-refractivity contribution in [2.45, 2.75) is 48.5 Å². The van der Waals surface area contributed by atoms with E-state index in [-0.39, 0.29) is 42.2 Å². The summed E-state index contributed by atoms with van der Waals surface area (Å²) in [5.41, 5.74) is -0.00310. The minimum Gasteiger partial charge on any atom is -0.354 e. The Balaban J connectivity index is 1.49. The van der Waals surface area contributed by atoms with Crippen LogP contribution in [0.3, 0.4) is 0 Å². The van der Waals surface area contributed by atoms with Crippen molar-refractivity contribution in [3.63, 3.8) is 0 Å². The number of fused-ring (bicyclic) bond motifs is 1. The SMILES string of the molecule is CC1C(CNc2nc(NC3(C(F)(F)F)CC3)c3nc(-c4ccc(F)cc4)ccc3n2)=CCC(Cl)C1S(N)(=O)=O. The van der Waals surface area contributed by atoms with Crippen LogP contribution in [0.4, 0.5) is 29.3 Å². The Morgan fingerprint density at radius 2 is 1.79 bits per heavy atom. The van der Waals surface area contributed by atoms with Gasteiger partial charge in [-0.2, -0.15) is 18.2 Å². The lowest BCUT2D eigenvalue weighted by atomic mass is 9.88. The molecule has 2 aliphatic rings. The molecule has 0 amide bonds. The maximum absolute atomic E-state index is 13.8. The van der Waals surface area contributed by atoms with E-state index < -0.39 is 44.1 Å². The van der Waals surface area contributed by atoms with Crippen LogP contribution in [0.5, 0.6) is 0 Å². The van der Waals surface area contributed by atoms with Crippen LogP contribution in [0.2, 0.25) is 0 Å². The Bertz CT molecular complexity index is 1540. The summed E-state index contributed by atoms with van der Waals surface area (Å²) in [7, 11) is -3.91. The molecule has 1 fully saturated rings. The normalized spacial score (nSPS) is 22.8. The van der Waals surface area contributed by atoms with Crippen molar-refractivity contribution >= 4 is 44.4 Å². The van der Waals surface area contributed by atoms with Crippen molar-refractivity contribution in [1.29, 1.82) is 0 Å². The number of hydrogen-bond donors (Lipinski definition) is 3. The number of rotatable bonds is 7. The molecule has 1 saturated carbocycles. The van der Waals surface area contributed by atoms with E-state index in [1.165, 1.54) is 24.3 Å². The van der Waals surface area contributed by atoms with E-state index >= 15 is 0 Å². The third-order valence-electron chi connectivity index (χ3n) is 7.20. The van der Waals surface area contributed by atoms with Gasteiger partial charge in [-0.25, -0.2) is 27.9 Å². The molecule has 2 aromatic heterocycles. The number of benzene rings is 1. The first-order chi connectivity index (χ1) is 18.3. The first kappa shape index (κ1) is 27.5. The average Bonchev–Trinajstić information content (AvgIpc) is 3.64. The molecule has 39 heavy (non-hydrogen) atoms. The molecule has 14 heteroatoms. The Hall–Kier alpha value is -3.03. The lowest BCUT2D eigenvalue weighted by molar-refractivity contribution is -0.151. The summed E-state index contributed by atoms with van der Waals surface area (Å²) < 4.78 is 79.0. The Labute approximate surface area is 227 Å². The van der Waals surface area contributed by atoms with Gasteiger partial charge in [-0.3, -0.25) is 0 Å². The zero-order valence-electron chi connectivity index (χ0n) is 20.6. The molecule has 0 radical (unpaired) electrons. The molecule has 208 valence electrons. The van der Waals surface area contributed by atoms with Crippen molar-refractivity contribution in [2.24, 2.45) is 11.1 Å². The van der Waals surface area contributed by atoms with E-state index in [2.05, 4.69) is 25.6 Å². The molecule has 1 aromatic carbocycles. The zero-order valence-corrected chi connectivity index (χ0v) is 22.2. The topological polar surface area (TPSA) is 123 Å². The number of pyridine rings is 1. The van der Waals surface area contributed by atoms with Gasteiger partial charge in [-0.1, -0.05) is 18.6 Å². The third-order valence-corrected chi connectivity index (χ3v) is 9.30. The standard InChI is InChI=1S/C25H25ClF4N6O2S/c1-13-15(4-7-17(26)21(13)39(31,37)38)12-32-23-34-19-9-8-18(14-2-5-16(27)6-3-14)33-20(19)22(35-23)36-24(10-11-24)25(28,29)30/h2-6,8-9,13,17,21H,7,10-12H2,1H3,(H2,31,37,38)(H2,32,34,35,36). The number of allylic oxidation sites excluding steroid dienone is 1. The van der Waals surface area contributed by atoms with Gasteiger partial charge in [0.05, 0.1) is 21.8 Å². The first-order valence-corrected chi connectivity index (χ1v) is 14.2. The third kappa shape index (κ3) is 5.52. The maximum Gasteiger partial charge on any atom is 0.411 e. The summed E-state index contributed by atoms with van der Waals surface area (Å²) in [6.07, 6.45) is -2.62. The molecule has 3 aromatic rings. The molecule has 3 unspecified atom stereocenters. The van der Waals surface area contributed by atoms with Crippen molar-refractivity contribution in [3.05, 3.63) is 53.9 Å². The summed E-state index contributed by atoms with van der Waals surface area (Å²) in [6, 6.07) is 8.80. The average molecular weight is 585 g/mol. The van der Waals surface area contributed by atoms with Gasteiger partial charge in [0.2, 0.25) is 16.0 Å². The Morgan fingerprint density at radius 3 is 2.41 bits per heavy atom. The molecule has 2 aliphatic carbocycles. The van der Waals surface area contributed by atoms with Gasteiger partial charge in [0.25, 0.3) is 0 Å². The summed E-state index contributed by atoms with van der Waals surface area (Å²) in [5.74, 6) is -0.995. The van der Waals surface area contributed by atoms with Gasteiger partial charge in [0.15, 0.2) is 5.82 Å². The number of nitrogens with one attached hydrogen (secondary N) is 2. The van der Waals surface area contributed by atoms with Crippen LogP contribution in [0.15, 0.2) is 48.0 Å². The number of aromatic nitrogens is 3. The van der Waals surface area contributed by atoms with E-state index in [9.17, 15) is 26.0 Å². The molecule has 0 saturated heterocycles. The molecule has 8 nitrogen and oxygen atoms in total. The van der Waals surface area contributed by atoms with Gasteiger partial charge in [-0.15, -0.1) is 11.6 Å². The van der Waals surface area contributed by atoms with Crippen molar-refractivity contribution in [3.8, 4) is 11.3 Å². The van der Waals surface area contributed by atoms with Crippen LogP contribution < -0.4 is 15.8 Å². The molecule has 3 atom stereocenters. The van der Waals surface area contributed by atoms with E-state index in [4.69, 9.17) is 16.7 Å². The Morgan fingerprint density at radius 1 is 1.10 bits per heavy atom. The summed E-state index contributed by atoms with van der Waals surface area (Å²) in [6.45, 7) is 1.83. The number of hydrogen-bond acceptors (Lipinski definition) is 7. The summed E-state index contributed by atoms with van der Waals surface area (Å²) in [5, 5.41) is 9.29. The fourth-order valence-corrected chi connectivity index (χ4v) is 6.81. The van der Waals surface area contributed by atoms with E-state index in [0.29, 0.717) is 23.3 Å². The van der Waals surface area contributed by atoms with Crippen molar-refractivity contribution in [2.75, 3.05) is 17.2 Å². The number of primary sulfonamides is 1. The number of sulfonamides is 1. The van der Waals surface area contributed by atoms with Crippen LogP contribution in [0.1, 0.15) is 26.2 Å². The van der Waals surface area contributed by atoms with Gasteiger partial charge in [-0.05, 0) is 61.6 Å². The highest BCUT2D eigenvalue weighted by Gasteiger charge is 2.64. The zero-order chi connectivity index (χ0) is 28.2. The lowest BCUT2D eigenvalue weighted by Crippen LogP contribution is -2.44. The van der Waals surface area contributed by atoms with Crippen LogP contribution in [0.25, 0.3) is 22.3 Å². The quantitative estimate of drug-likeness (QED) is 0.203. The second kappa shape index (κ2) is 9.86. The maximum atomic E-state index is 13.8. The van der Waals surface area contributed by atoms with Gasteiger partial charge >= 0.3 is 6.18 Å². The predicted molar refractivity (Wildman–Crippen MR) is 141 cm³/mol. The highest BCUT2D eigenvalue weighted by molar-refractivity contribution is 7.89. The highest BCUT2D eigenvalue weighted by atomic mass is 35.5. The van der Waals surface area contributed by atoms with Gasteiger partial charge < -0.3 is 10.6 Å². The molecule has 4 N–H and O–H groups in total. The van der Waals surface area contributed by atoms with Crippen LogP contribution in [-0.4, -0.2) is 52.3 Å². The van der Waals surface area contributed by atoms with Crippen LogP contribution in [-0.2, 0) is 10.0 Å². The van der Waals surface area contributed by atoms with Crippen LogP contribution >= 0.6 is 11.6 Å². The van der Waals surface area contributed by atoms with Gasteiger partial charge in [0.1, 0.15) is 16.9 Å². The fourth-order valence-electron chi connectivity index (χ4n) is 4.81. The first-order valence-electron chi connectivity index (χ1n) is 12.2. The molecular weight excluding hydrogens is 560 g/mol. The van der Waals surface area contributed by atoms with E-state index in [0.717, 1.165) is 0 Å². The Kier molecular flexibility index (Phi) is 6.96. The van der Waals surface area contributed by atoms with Crippen LogP contribution in [0, 0.1) is 11.7 Å². The molecule has 0 spiro atoms. The lowest BCUT2D eigenvalue weighted by Gasteiger charge is -2.32. The van der Waals surface area contributed by atoms with Crippen molar-refractivity contribution < 1.29 is 26.0 Å². The predicted octanol–water partition coefficient (Wildman–Crippen LogP) is 4.98. The minimum absolute atomic E-state index is 0.0348. The second-order valence-electron chi connectivity index (χ2n) is 9.90. The summed E-state index contributed by atoms with van der Waals surface area (Å²) in [4.78, 5) is 13.3. The molecule has 2 heterocycles. The summed E-state index contributed by atoms with van der Waals surface area (Å²) >= 11 is 6.23. The van der Waals surface area contributed by atoms with E-state index in [1.807, 2.05) is 6.08 Å². The number of alkyl halides is 4. The molecule has 5 rings (SSSR count). The monoisotopic (exact) mass is 584 g/mol. The smallest absolute Gasteiger partial charge is 0.354 e. The van der Waals surface area contributed by atoms with E-state index in [1.54, 1.807) is 19.1 Å². The number of halogens is 5. The van der Waals surface area contributed by atoms with Gasteiger partial charge in [0, 0.05) is 12.1 Å².